The van der Waals surface area contributed by atoms with Gasteiger partial charge in [-0.2, -0.15) is 0 Å². The molecule has 3 aromatic rings. The minimum absolute atomic E-state index is 0.177. The van der Waals surface area contributed by atoms with Crippen LogP contribution in [0.3, 0.4) is 0 Å². The van der Waals surface area contributed by atoms with Gasteiger partial charge >= 0.3 is 5.91 Å². The summed E-state index contributed by atoms with van der Waals surface area (Å²) in [5.41, 5.74) is 9.85. The third kappa shape index (κ3) is 3.73. The second kappa shape index (κ2) is 7.68. The quantitative estimate of drug-likeness (QED) is 0.400. The predicted molar refractivity (Wildman–Crippen MR) is 106 cm³/mol. The zero-order valence-corrected chi connectivity index (χ0v) is 16.1. The minimum atomic E-state index is -0.470. The first kappa shape index (κ1) is 18.7. The van der Waals surface area contributed by atoms with Crippen LogP contribution in [0.1, 0.15) is 38.4 Å². The molecule has 5 nitrogen and oxygen atoms in total. The molecular weight excluding hydrogens is 340 g/mol. The first-order valence-corrected chi connectivity index (χ1v) is 8.80. The fourth-order valence-corrected chi connectivity index (χ4v) is 3.20. The van der Waals surface area contributed by atoms with E-state index < -0.39 is 5.91 Å². The standard InChI is InChI=1S/C22H24N2O3/c1-13-10-14(2)16(4)20(15(13)3)12-27-18-7-5-6-17(11-18)19-8-9-26-21(19)22(25)24-23/h5-11H,12,23H2,1-4H3,(H,24,25). The molecule has 0 fully saturated rings. The predicted octanol–water partition coefficient (Wildman–Crippen LogP) is 4.36. The number of hydrogen-bond acceptors (Lipinski definition) is 4. The van der Waals surface area contributed by atoms with Gasteiger partial charge < -0.3 is 9.15 Å². The summed E-state index contributed by atoms with van der Waals surface area (Å²) in [7, 11) is 0. The van der Waals surface area contributed by atoms with Crippen molar-refractivity contribution in [1.82, 2.24) is 5.43 Å². The van der Waals surface area contributed by atoms with E-state index in [9.17, 15) is 4.79 Å². The van der Waals surface area contributed by atoms with Gasteiger partial charge in [-0.25, -0.2) is 5.84 Å². The number of nitrogens with two attached hydrogens (primary N) is 1. The highest BCUT2D eigenvalue weighted by atomic mass is 16.5. The number of ether oxygens (including phenoxy) is 1. The highest BCUT2D eigenvalue weighted by Gasteiger charge is 2.16. The summed E-state index contributed by atoms with van der Waals surface area (Å²) < 4.78 is 11.3. The Labute approximate surface area is 159 Å². The van der Waals surface area contributed by atoms with E-state index in [1.165, 1.54) is 34.1 Å². The lowest BCUT2D eigenvalue weighted by Gasteiger charge is -2.16. The Hall–Kier alpha value is -3.05. The molecule has 1 amide bonds. The molecule has 0 radical (unpaired) electrons. The molecule has 3 N–H and O–H groups in total. The lowest BCUT2D eigenvalue weighted by Crippen LogP contribution is -2.29. The van der Waals surface area contributed by atoms with Crippen LogP contribution in [0.2, 0.25) is 0 Å². The van der Waals surface area contributed by atoms with E-state index in [1.807, 2.05) is 24.3 Å². The molecule has 0 aliphatic heterocycles. The molecule has 0 saturated carbocycles. The molecule has 1 heterocycles. The maximum absolute atomic E-state index is 11.8. The summed E-state index contributed by atoms with van der Waals surface area (Å²) in [6.45, 7) is 8.98. The molecule has 0 saturated heterocycles. The van der Waals surface area contributed by atoms with Gasteiger partial charge in [-0.3, -0.25) is 10.2 Å². The normalized spacial score (nSPS) is 10.7. The van der Waals surface area contributed by atoms with E-state index in [0.717, 1.165) is 11.3 Å². The molecule has 140 valence electrons. The number of nitrogen functional groups attached to an aromatic ring is 1. The maximum atomic E-state index is 11.8. The van der Waals surface area contributed by atoms with Crippen molar-refractivity contribution >= 4 is 5.91 Å². The molecule has 0 aliphatic carbocycles. The Morgan fingerprint density at radius 1 is 1.07 bits per heavy atom. The van der Waals surface area contributed by atoms with Crippen LogP contribution in [-0.4, -0.2) is 5.91 Å². The summed E-state index contributed by atoms with van der Waals surface area (Å²) in [6.07, 6.45) is 1.47. The van der Waals surface area contributed by atoms with Crippen molar-refractivity contribution in [3.63, 3.8) is 0 Å². The number of furan rings is 1. The van der Waals surface area contributed by atoms with Crippen LogP contribution < -0.4 is 16.0 Å². The lowest BCUT2D eigenvalue weighted by atomic mass is 9.95. The van der Waals surface area contributed by atoms with Crippen molar-refractivity contribution in [3.05, 3.63) is 76.2 Å². The average molecular weight is 364 g/mol. The van der Waals surface area contributed by atoms with Crippen LogP contribution >= 0.6 is 0 Å². The summed E-state index contributed by atoms with van der Waals surface area (Å²) in [4.78, 5) is 11.8. The van der Waals surface area contributed by atoms with Crippen molar-refractivity contribution in [1.29, 1.82) is 0 Å². The highest BCUT2D eigenvalue weighted by Crippen LogP contribution is 2.29. The number of carbonyl (C=O) groups is 1. The van der Waals surface area contributed by atoms with Gasteiger partial charge in [0.25, 0.3) is 0 Å². The molecule has 3 rings (SSSR count). The number of nitrogens with one attached hydrogen (secondary N) is 1. The number of carbonyl (C=O) groups excluding carboxylic acids is 1. The Balaban J connectivity index is 1.86. The van der Waals surface area contributed by atoms with E-state index >= 15 is 0 Å². The van der Waals surface area contributed by atoms with Crippen LogP contribution in [0.15, 0.2) is 47.1 Å². The number of rotatable bonds is 5. The van der Waals surface area contributed by atoms with Gasteiger partial charge in [-0.15, -0.1) is 0 Å². The smallest absolute Gasteiger partial charge is 0.301 e. The fourth-order valence-electron chi connectivity index (χ4n) is 3.20. The van der Waals surface area contributed by atoms with Gasteiger partial charge in [0.1, 0.15) is 12.4 Å². The Morgan fingerprint density at radius 3 is 2.44 bits per heavy atom. The first-order chi connectivity index (χ1) is 12.9. The van der Waals surface area contributed by atoms with E-state index in [1.54, 1.807) is 6.07 Å². The monoisotopic (exact) mass is 364 g/mol. The molecule has 0 atom stereocenters. The van der Waals surface area contributed by atoms with Crippen LogP contribution in [-0.2, 0) is 6.61 Å². The number of aryl methyl sites for hydroxylation is 2. The number of hydrazine groups is 1. The van der Waals surface area contributed by atoms with Crippen LogP contribution in [0.5, 0.6) is 5.75 Å². The Bertz CT molecular complexity index is 963. The fraction of sp³-hybridized carbons (Fsp3) is 0.227. The SMILES string of the molecule is Cc1cc(C)c(C)c(COc2cccc(-c3ccoc3C(=O)NN)c2)c1C. The van der Waals surface area contributed by atoms with Gasteiger partial charge in [0, 0.05) is 5.56 Å². The van der Waals surface area contributed by atoms with Crippen LogP contribution in [0, 0.1) is 27.7 Å². The third-order valence-corrected chi connectivity index (χ3v) is 5.05. The second-order valence-electron chi connectivity index (χ2n) is 6.69. The number of hydrogen-bond donors (Lipinski definition) is 2. The van der Waals surface area contributed by atoms with Crippen LogP contribution in [0.25, 0.3) is 11.1 Å². The summed E-state index contributed by atoms with van der Waals surface area (Å²) in [5, 5.41) is 0. The third-order valence-electron chi connectivity index (χ3n) is 5.05. The molecule has 0 spiro atoms. The summed E-state index contributed by atoms with van der Waals surface area (Å²) >= 11 is 0. The largest absolute Gasteiger partial charge is 0.489 e. The number of amides is 1. The van der Waals surface area contributed by atoms with Gasteiger partial charge in [-0.1, -0.05) is 18.2 Å². The summed E-state index contributed by atoms with van der Waals surface area (Å²) in [5.74, 6) is 5.66. The molecule has 5 heteroatoms. The van der Waals surface area contributed by atoms with E-state index in [4.69, 9.17) is 15.0 Å². The van der Waals surface area contributed by atoms with Gasteiger partial charge in [0.2, 0.25) is 0 Å². The van der Waals surface area contributed by atoms with Crippen LogP contribution in [0.4, 0.5) is 0 Å². The van der Waals surface area contributed by atoms with E-state index in [2.05, 4.69) is 39.2 Å². The minimum Gasteiger partial charge on any atom is -0.489 e. The summed E-state index contributed by atoms with van der Waals surface area (Å²) in [6, 6.07) is 11.5. The maximum Gasteiger partial charge on any atom is 0.301 e. The molecule has 1 aromatic heterocycles. The molecule has 27 heavy (non-hydrogen) atoms. The van der Waals surface area contributed by atoms with Gasteiger partial charge in [0.15, 0.2) is 5.76 Å². The van der Waals surface area contributed by atoms with Crippen molar-refractivity contribution in [2.24, 2.45) is 5.84 Å². The molecule has 0 bridgehead atoms. The van der Waals surface area contributed by atoms with Gasteiger partial charge in [-0.05, 0) is 79.3 Å². The molecule has 0 aliphatic rings. The van der Waals surface area contributed by atoms with Crippen molar-refractivity contribution in [2.75, 3.05) is 0 Å². The zero-order chi connectivity index (χ0) is 19.6. The average Bonchev–Trinajstić information content (AvgIpc) is 3.16. The Kier molecular flexibility index (Phi) is 5.33. The second-order valence-corrected chi connectivity index (χ2v) is 6.69. The van der Waals surface area contributed by atoms with Gasteiger partial charge in [0.05, 0.1) is 6.26 Å². The van der Waals surface area contributed by atoms with Crippen molar-refractivity contribution in [2.45, 2.75) is 34.3 Å². The molecule has 2 aromatic carbocycles. The first-order valence-electron chi connectivity index (χ1n) is 8.80. The lowest BCUT2D eigenvalue weighted by molar-refractivity contribution is 0.0927. The molecule has 0 unspecified atom stereocenters. The number of benzene rings is 2. The highest BCUT2D eigenvalue weighted by molar-refractivity contribution is 5.97. The van der Waals surface area contributed by atoms with Crippen molar-refractivity contribution in [3.8, 4) is 16.9 Å². The zero-order valence-electron chi connectivity index (χ0n) is 16.1. The van der Waals surface area contributed by atoms with Crippen molar-refractivity contribution < 1.29 is 13.9 Å². The molecular formula is C22H24N2O3. The topological polar surface area (TPSA) is 77.5 Å². The van der Waals surface area contributed by atoms with E-state index in [0.29, 0.717) is 12.2 Å². The van der Waals surface area contributed by atoms with E-state index in [-0.39, 0.29) is 5.76 Å². The Morgan fingerprint density at radius 2 is 1.78 bits per heavy atom.